The number of hydrogen-bond donors (Lipinski definition) is 7. The second kappa shape index (κ2) is 167. The Morgan fingerprint density at radius 3 is 0.597 bits per heavy atom. The fraction of sp³-hybridized carbons (Fsp3) is 0.920. The molecule has 0 amide bonds. The highest BCUT2D eigenvalue weighted by Gasteiger charge is 2.04. The zero-order chi connectivity index (χ0) is 104. The fourth-order valence-electron chi connectivity index (χ4n) is 16.4. The van der Waals surface area contributed by atoms with Crippen molar-refractivity contribution in [3.8, 4) is 59.2 Å². The Morgan fingerprint density at radius 1 is 0.216 bits per heavy atom. The van der Waals surface area contributed by atoms with Crippen LogP contribution in [0.1, 0.15) is 581 Å². The van der Waals surface area contributed by atoms with Crippen molar-refractivity contribution in [3.63, 3.8) is 0 Å². The number of rotatable bonds is 95. The Balaban J connectivity index is -0.000000204. The maximum atomic E-state index is 5.53. The van der Waals surface area contributed by atoms with Crippen LogP contribution < -0.4 is 38.1 Å². The lowest BCUT2D eigenvalue weighted by Crippen LogP contribution is -2.20. The Bertz CT molecular complexity index is 2300. The molecular weight excluding hydrogens is 1830 g/mol. The average molecular weight is 2080 g/mol. The normalized spacial score (nSPS) is 10.4. The molecule has 0 aliphatic carbocycles. The zero-order valence-electron chi connectivity index (χ0n) is 97.2. The third-order valence-electron chi connectivity index (χ3n) is 25.2. The van der Waals surface area contributed by atoms with E-state index >= 15 is 0 Å². The molecule has 0 aromatic heterocycles. The van der Waals surface area contributed by atoms with Crippen LogP contribution >= 0.6 is 50.7 Å². The van der Waals surface area contributed by atoms with Crippen LogP contribution in [0, 0.1) is 59.2 Å². The summed E-state index contributed by atoms with van der Waals surface area (Å²) in [7, 11) is 17.7. The van der Waals surface area contributed by atoms with Crippen LogP contribution in [0.4, 0.5) is 0 Å². The smallest absolute Gasteiger partial charge is 0.0835 e. The van der Waals surface area contributed by atoms with Crippen molar-refractivity contribution in [2.45, 2.75) is 581 Å². The summed E-state index contributed by atoms with van der Waals surface area (Å²) >= 11 is 19.3. The van der Waals surface area contributed by atoms with Gasteiger partial charge in [0.1, 0.15) is 0 Å². The minimum absolute atomic E-state index is 0.382. The Hall–Kier alpha value is -1.25. The molecule has 0 bridgehead atoms. The van der Waals surface area contributed by atoms with E-state index in [2.05, 4.69) is 192 Å². The number of unbranched alkanes of at least 4 members (excludes halogenated alkanes) is 78. The number of nitrogens with two attached hydrogens (primary N) is 2. The predicted molar refractivity (Wildman–Crippen MR) is 648 cm³/mol. The summed E-state index contributed by atoms with van der Waals surface area (Å²) in [4.78, 5) is 6.75. The van der Waals surface area contributed by atoms with Gasteiger partial charge in [0.15, 0.2) is 0 Å². The van der Waals surface area contributed by atoms with E-state index in [-0.39, 0.29) is 0 Å². The maximum absolute atomic E-state index is 5.53. The molecule has 0 aromatic carbocycles. The molecule has 0 saturated heterocycles. The van der Waals surface area contributed by atoms with Crippen molar-refractivity contribution in [3.05, 3.63) is 0 Å². The maximum Gasteiger partial charge on any atom is 0.0835 e. The van der Waals surface area contributed by atoms with Crippen molar-refractivity contribution in [1.82, 2.24) is 41.3 Å². The number of halogens is 4. The first kappa shape index (κ1) is 155. The van der Waals surface area contributed by atoms with Gasteiger partial charge < -0.3 is 38.1 Å². The van der Waals surface area contributed by atoms with Crippen LogP contribution in [0.5, 0.6) is 0 Å². The lowest BCUT2D eigenvalue weighted by molar-refractivity contribution is 0.360. The molecule has 139 heavy (non-hydrogen) atoms. The lowest BCUT2D eigenvalue weighted by Gasteiger charge is -2.12. The van der Waals surface area contributed by atoms with Gasteiger partial charge in [0, 0.05) is 5.33 Å². The van der Waals surface area contributed by atoms with Crippen LogP contribution in [-0.2, 0) is 0 Å². The number of nitrogens with one attached hydrogen (secondary N) is 5. The first-order chi connectivity index (χ1) is 68.5. The molecule has 0 fully saturated rings. The molecule has 0 rings (SSSR count). The highest BCUT2D eigenvalue weighted by molar-refractivity contribution is 9.09. The van der Waals surface area contributed by atoms with E-state index in [1.165, 1.54) is 565 Å². The minimum Gasteiger partial charge on any atom is -0.333 e. The largest absolute Gasteiger partial charge is 0.333 e. The monoisotopic (exact) mass is 2080 g/mol. The minimum atomic E-state index is 0.382. The summed E-state index contributed by atoms with van der Waals surface area (Å²) in [5, 5.41) is 16.9. The molecule has 0 aromatic rings. The van der Waals surface area contributed by atoms with E-state index in [9.17, 15) is 0 Å². The summed E-state index contributed by atoms with van der Waals surface area (Å²) in [5.74, 6) is 30.9. The van der Waals surface area contributed by atoms with Gasteiger partial charge in [-0.25, -0.2) is 0 Å². The standard InChI is InChI=1S/C23H46N2.C21H40ClN.C21H42N2.C20H40N2.C17H37N.C16H33Br.C4H4Cl2.C2H7N.CH5N/c1-5-6-7-8-9-10-11-12-13-14-15-16-17-18-22-25(4)23-20-19-21-24(2)3;1-3-4-5-6-7-8-9-10-11-12-13-14-15-17-20-23(2)21-18-16-19-22;1-3-4-5-6-7-8-9-10-11-12-13-14-15-16-20-23-21-18-17-19-22-2;1-2-3-4-5-6-7-8-9-10-11-12-13-14-16-19-22-20-17-15-18-21;1-3-4-5-6-7-8-9-10-11-12-13-14-15-16-17-18-2;1-2-3-4-5-6-7-8-9-10-11-12-13-14-15-16-17;5-3-1-2-4-6;1-3-2;1-2/h5-18,21-23H2,1-4H3;3-15,17,19-21H2,1-2H3;22-23H,3-16,19-21H2,1-2H3;22H,2-14,16,18-21H2,1H3;18H,3-17H2,1-2H3;2-16H2,1H3;3-4H2;3H,1-2H3;2H2,1H3. The van der Waals surface area contributed by atoms with E-state index in [0.29, 0.717) is 24.2 Å². The van der Waals surface area contributed by atoms with Gasteiger partial charge in [-0.05, 0) is 135 Å². The molecule has 0 heterocycles. The van der Waals surface area contributed by atoms with Crippen molar-refractivity contribution < 1.29 is 0 Å². The third-order valence-corrected chi connectivity index (χ3v) is 26.1. The van der Waals surface area contributed by atoms with Crippen LogP contribution in [0.25, 0.3) is 0 Å². The summed E-state index contributed by atoms with van der Waals surface area (Å²) in [5.41, 5.74) is 9.80. The summed E-state index contributed by atoms with van der Waals surface area (Å²) in [6.45, 7) is 25.0. The van der Waals surface area contributed by atoms with Crippen molar-refractivity contribution in [2.24, 2.45) is 11.5 Å². The highest BCUT2D eigenvalue weighted by atomic mass is 79.9. The van der Waals surface area contributed by atoms with Gasteiger partial charge >= 0.3 is 0 Å². The van der Waals surface area contributed by atoms with Gasteiger partial charge in [-0.1, -0.05) is 618 Å². The summed E-state index contributed by atoms with van der Waals surface area (Å²) < 4.78 is 0. The predicted octanol–water partition coefficient (Wildman–Crippen LogP) is 36.3. The Kier molecular flexibility index (Phi) is 187. The van der Waals surface area contributed by atoms with Gasteiger partial charge in [-0.15, -0.1) is 34.8 Å². The molecular formula is C125H254BrCl3N10. The van der Waals surface area contributed by atoms with Gasteiger partial charge in [-0.2, -0.15) is 0 Å². The van der Waals surface area contributed by atoms with E-state index in [4.69, 9.17) is 40.5 Å². The van der Waals surface area contributed by atoms with Crippen LogP contribution in [0.15, 0.2) is 0 Å². The van der Waals surface area contributed by atoms with Crippen molar-refractivity contribution >= 4 is 50.7 Å². The van der Waals surface area contributed by atoms with Crippen LogP contribution in [0.3, 0.4) is 0 Å². The van der Waals surface area contributed by atoms with E-state index in [0.717, 1.165) is 58.9 Å². The van der Waals surface area contributed by atoms with Gasteiger partial charge in [-0.3, -0.25) is 14.7 Å². The van der Waals surface area contributed by atoms with Gasteiger partial charge in [0.2, 0.25) is 0 Å². The Labute approximate surface area is 902 Å². The zero-order valence-corrected chi connectivity index (χ0v) is 101. The van der Waals surface area contributed by atoms with Gasteiger partial charge in [0.25, 0.3) is 0 Å². The molecule has 0 atom stereocenters. The summed E-state index contributed by atoms with van der Waals surface area (Å²) in [6, 6.07) is 0. The Morgan fingerprint density at radius 2 is 0.396 bits per heavy atom. The number of nitrogens with zero attached hydrogens (tertiary/aromatic N) is 3. The lowest BCUT2D eigenvalue weighted by atomic mass is 10.0. The third kappa shape index (κ3) is 192. The molecule has 9 N–H and O–H groups in total. The van der Waals surface area contributed by atoms with E-state index in [1.807, 2.05) is 28.2 Å². The molecule has 0 unspecified atom stereocenters. The van der Waals surface area contributed by atoms with E-state index in [1.54, 1.807) is 0 Å². The molecule has 0 spiro atoms. The van der Waals surface area contributed by atoms with Crippen molar-refractivity contribution in [1.29, 1.82) is 0 Å². The number of hydrogen-bond acceptors (Lipinski definition) is 10. The highest BCUT2D eigenvalue weighted by Crippen LogP contribution is 2.20. The second-order valence-corrected chi connectivity index (χ2v) is 41.4. The second-order valence-electron chi connectivity index (χ2n) is 39.8. The average Bonchev–Trinajstić information content (AvgIpc) is 1.06. The molecule has 0 radical (unpaired) electrons. The first-order valence-corrected chi connectivity index (χ1v) is 63.3. The molecule has 14 heteroatoms. The molecule has 10 nitrogen and oxygen atoms in total. The molecule has 0 aliphatic heterocycles. The van der Waals surface area contributed by atoms with Crippen molar-refractivity contribution in [2.75, 3.05) is 165 Å². The van der Waals surface area contributed by atoms with E-state index < -0.39 is 0 Å². The van der Waals surface area contributed by atoms with Crippen LogP contribution in [0.2, 0.25) is 0 Å². The number of alkyl halides is 4. The first-order valence-electron chi connectivity index (χ1n) is 60.6. The van der Waals surface area contributed by atoms with Crippen LogP contribution in [-0.4, -0.2) is 180 Å². The van der Waals surface area contributed by atoms with Gasteiger partial charge in [0.05, 0.1) is 63.5 Å². The topological polar surface area (TPSA) is 122 Å². The molecule has 0 saturated carbocycles. The molecule has 0 aliphatic rings. The SMILES string of the molecule is CCCCCCCCCCCCCCCCBr.CCCCCCCCCCCCCCCCN(C)CC#CCCl.CCCCCCCCCCCCCCCCN(C)CC#CCN(C)C.CCCCCCCCCCCCCCCCNC.CCCCCCCCCCCCCCCCNCC#CCN.CCCCCCCCCCCCCCCCNCC#CCNC.CN.CNC.ClCC#CCCl. The summed E-state index contributed by atoms with van der Waals surface area (Å²) in [6.07, 6.45) is 120. The quantitative estimate of drug-likeness (QED) is 0.0180. The fourth-order valence-corrected chi connectivity index (χ4v) is 17.1. The molecule has 832 valence electrons.